The molecule has 2 heteroatoms. The summed E-state index contributed by atoms with van der Waals surface area (Å²) in [6.07, 6.45) is 5.57. The molecule has 72 valence electrons. The van der Waals surface area contributed by atoms with E-state index in [1.54, 1.807) is 0 Å². The molecule has 2 unspecified atom stereocenters. The quantitative estimate of drug-likeness (QED) is 0.683. The normalized spacial score (nSPS) is 30.5. The summed E-state index contributed by atoms with van der Waals surface area (Å²) >= 11 is 4.43. The van der Waals surface area contributed by atoms with Crippen LogP contribution in [0.1, 0.15) is 39.5 Å². The van der Waals surface area contributed by atoms with Crippen molar-refractivity contribution in [1.82, 2.24) is 0 Å². The minimum absolute atomic E-state index is 0.963. The van der Waals surface area contributed by atoms with Gasteiger partial charge in [0.05, 0.1) is 0 Å². The van der Waals surface area contributed by atoms with Crippen LogP contribution in [0.2, 0.25) is 0 Å². The summed E-state index contributed by atoms with van der Waals surface area (Å²) < 4.78 is 0. The van der Waals surface area contributed by atoms with Crippen molar-refractivity contribution >= 4 is 23.5 Å². The Balaban J connectivity index is 2.20. The Labute approximate surface area is 85.3 Å². The molecule has 0 amide bonds. The molecule has 1 aliphatic rings. The molecule has 1 saturated heterocycles. The van der Waals surface area contributed by atoms with E-state index in [4.69, 9.17) is 0 Å². The fourth-order valence-electron chi connectivity index (χ4n) is 1.63. The van der Waals surface area contributed by atoms with Crippen LogP contribution in [0.15, 0.2) is 0 Å². The van der Waals surface area contributed by atoms with Crippen LogP contribution in [0.25, 0.3) is 0 Å². The average Bonchev–Trinajstić information content (AvgIpc) is 2.06. The van der Waals surface area contributed by atoms with Crippen molar-refractivity contribution in [2.45, 2.75) is 50.0 Å². The SMILES string of the molecule is CCCC1CSCC(CCC)S1. The summed E-state index contributed by atoms with van der Waals surface area (Å²) in [6, 6.07) is 0. The molecular formula is C10H20S2. The van der Waals surface area contributed by atoms with Crippen LogP contribution in [0.5, 0.6) is 0 Å². The van der Waals surface area contributed by atoms with Crippen molar-refractivity contribution in [3.8, 4) is 0 Å². The predicted molar refractivity (Wildman–Crippen MR) is 62.3 cm³/mol. The van der Waals surface area contributed by atoms with Gasteiger partial charge in [-0.25, -0.2) is 0 Å². The highest BCUT2D eigenvalue weighted by Gasteiger charge is 2.21. The van der Waals surface area contributed by atoms with Gasteiger partial charge in [-0.15, -0.1) is 0 Å². The Morgan fingerprint density at radius 1 is 1.00 bits per heavy atom. The Hall–Kier alpha value is 0.700. The second-order valence-corrected chi connectivity index (χ2v) is 6.18. The maximum Gasteiger partial charge on any atom is 0.0141 e. The summed E-state index contributed by atoms with van der Waals surface area (Å²) in [5.74, 6) is 2.80. The van der Waals surface area contributed by atoms with Gasteiger partial charge < -0.3 is 0 Å². The van der Waals surface area contributed by atoms with E-state index in [-0.39, 0.29) is 0 Å². The Kier molecular flexibility index (Phi) is 5.57. The fourth-order valence-corrected chi connectivity index (χ4v) is 5.12. The molecule has 12 heavy (non-hydrogen) atoms. The molecule has 0 nitrogen and oxygen atoms in total. The molecule has 0 bridgehead atoms. The lowest BCUT2D eigenvalue weighted by Crippen LogP contribution is -2.21. The molecule has 0 aromatic carbocycles. The largest absolute Gasteiger partial charge is 0.160 e. The van der Waals surface area contributed by atoms with Crippen LogP contribution in [-0.2, 0) is 0 Å². The van der Waals surface area contributed by atoms with Crippen molar-refractivity contribution in [1.29, 1.82) is 0 Å². The van der Waals surface area contributed by atoms with Gasteiger partial charge >= 0.3 is 0 Å². The second-order valence-electron chi connectivity index (χ2n) is 3.49. The molecule has 0 radical (unpaired) electrons. The first-order valence-electron chi connectivity index (χ1n) is 5.10. The monoisotopic (exact) mass is 204 g/mol. The minimum Gasteiger partial charge on any atom is -0.160 e. The van der Waals surface area contributed by atoms with E-state index in [0.717, 1.165) is 10.5 Å². The molecule has 0 saturated carbocycles. The van der Waals surface area contributed by atoms with Crippen molar-refractivity contribution in [2.75, 3.05) is 11.5 Å². The van der Waals surface area contributed by atoms with E-state index < -0.39 is 0 Å². The van der Waals surface area contributed by atoms with Crippen LogP contribution in [0, 0.1) is 0 Å². The van der Waals surface area contributed by atoms with Gasteiger partial charge in [0.15, 0.2) is 0 Å². The molecule has 0 aromatic heterocycles. The smallest absolute Gasteiger partial charge is 0.0141 e. The molecule has 1 rings (SSSR count). The van der Waals surface area contributed by atoms with E-state index in [1.165, 1.54) is 37.2 Å². The van der Waals surface area contributed by atoms with Crippen molar-refractivity contribution in [3.63, 3.8) is 0 Å². The zero-order valence-electron chi connectivity index (χ0n) is 8.21. The zero-order valence-corrected chi connectivity index (χ0v) is 9.85. The van der Waals surface area contributed by atoms with Gasteiger partial charge in [-0.05, 0) is 12.8 Å². The summed E-state index contributed by atoms with van der Waals surface area (Å²) in [6.45, 7) is 4.60. The third-order valence-corrected chi connectivity index (χ3v) is 5.49. The summed E-state index contributed by atoms with van der Waals surface area (Å²) in [5, 5.41) is 1.93. The molecule has 0 aliphatic carbocycles. The summed E-state index contributed by atoms with van der Waals surface area (Å²) in [5.41, 5.74) is 0. The van der Waals surface area contributed by atoms with Crippen LogP contribution in [0.4, 0.5) is 0 Å². The van der Waals surface area contributed by atoms with Crippen molar-refractivity contribution in [3.05, 3.63) is 0 Å². The molecule has 2 atom stereocenters. The molecule has 1 heterocycles. The maximum absolute atomic E-state index is 2.30. The first-order chi connectivity index (χ1) is 5.86. The minimum atomic E-state index is 0.963. The Morgan fingerprint density at radius 2 is 1.50 bits per heavy atom. The Bertz CT molecular complexity index is 98.4. The highest BCUT2D eigenvalue weighted by atomic mass is 32.2. The molecule has 0 N–H and O–H groups in total. The average molecular weight is 204 g/mol. The second kappa shape index (κ2) is 6.20. The molecule has 0 spiro atoms. The predicted octanol–water partition coefficient (Wildman–Crippen LogP) is 3.80. The summed E-state index contributed by atoms with van der Waals surface area (Å²) in [7, 11) is 0. The van der Waals surface area contributed by atoms with E-state index in [0.29, 0.717) is 0 Å². The molecule has 1 fully saturated rings. The van der Waals surface area contributed by atoms with Crippen LogP contribution in [0.3, 0.4) is 0 Å². The number of thioether (sulfide) groups is 2. The maximum atomic E-state index is 2.30. The molecular weight excluding hydrogens is 184 g/mol. The first kappa shape index (κ1) is 10.8. The summed E-state index contributed by atoms with van der Waals surface area (Å²) in [4.78, 5) is 0. The van der Waals surface area contributed by atoms with Gasteiger partial charge in [0.2, 0.25) is 0 Å². The first-order valence-corrected chi connectivity index (χ1v) is 7.19. The van der Waals surface area contributed by atoms with Gasteiger partial charge in [0, 0.05) is 22.0 Å². The number of hydrogen-bond donors (Lipinski definition) is 0. The molecule has 0 aromatic rings. The van der Waals surface area contributed by atoms with E-state index in [1.807, 2.05) is 0 Å². The van der Waals surface area contributed by atoms with Crippen LogP contribution in [-0.4, -0.2) is 22.0 Å². The standard InChI is InChI=1S/C10H20S2/c1-3-5-9-7-11-8-10(12-9)6-4-2/h9-10H,3-8H2,1-2H3. The molecule has 1 aliphatic heterocycles. The van der Waals surface area contributed by atoms with Gasteiger partial charge in [-0.3, -0.25) is 0 Å². The highest BCUT2D eigenvalue weighted by Crippen LogP contribution is 2.34. The number of rotatable bonds is 4. The lowest BCUT2D eigenvalue weighted by molar-refractivity contribution is 0.752. The third kappa shape index (κ3) is 3.61. The van der Waals surface area contributed by atoms with Crippen LogP contribution < -0.4 is 0 Å². The van der Waals surface area contributed by atoms with Gasteiger partial charge in [0.25, 0.3) is 0 Å². The van der Waals surface area contributed by atoms with Gasteiger partial charge in [-0.2, -0.15) is 23.5 Å². The number of hydrogen-bond acceptors (Lipinski definition) is 2. The van der Waals surface area contributed by atoms with Crippen LogP contribution >= 0.6 is 23.5 Å². The highest BCUT2D eigenvalue weighted by molar-refractivity contribution is 8.07. The zero-order chi connectivity index (χ0) is 8.81. The lowest BCUT2D eigenvalue weighted by atomic mass is 10.2. The lowest BCUT2D eigenvalue weighted by Gasteiger charge is -2.27. The topological polar surface area (TPSA) is 0 Å². The van der Waals surface area contributed by atoms with E-state index >= 15 is 0 Å². The van der Waals surface area contributed by atoms with Crippen molar-refractivity contribution < 1.29 is 0 Å². The fraction of sp³-hybridized carbons (Fsp3) is 1.00. The van der Waals surface area contributed by atoms with Gasteiger partial charge in [-0.1, -0.05) is 26.7 Å². The van der Waals surface area contributed by atoms with E-state index in [9.17, 15) is 0 Å². The van der Waals surface area contributed by atoms with E-state index in [2.05, 4.69) is 37.4 Å². The third-order valence-electron chi connectivity index (χ3n) is 2.21. The Morgan fingerprint density at radius 3 is 1.92 bits per heavy atom. The van der Waals surface area contributed by atoms with Gasteiger partial charge in [0.1, 0.15) is 0 Å². The van der Waals surface area contributed by atoms with Crippen molar-refractivity contribution in [2.24, 2.45) is 0 Å².